The SMILES string of the molecule is O=C(Nc1ccncc1)N1CCOc2cnc(-c3cccc(N4CCCC4)c3)nc21. The number of pyridine rings is 1. The molecule has 4 heterocycles. The Kier molecular flexibility index (Phi) is 4.88. The van der Waals surface area contributed by atoms with Gasteiger partial charge < -0.3 is 15.0 Å². The first-order valence-corrected chi connectivity index (χ1v) is 10.1. The highest BCUT2D eigenvalue weighted by atomic mass is 16.5. The normalized spacial score (nSPS) is 15.5. The van der Waals surface area contributed by atoms with Gasteiger partial charge in [-0.25, -0.2) is 14.8 Å². The van der Waals surface area contributed by atoms with Crippen LogP contribution in [0.2, 0.25) is 0 Å². The summed E-state index contributed by atoms with van der Waals surface area (Å²) in [5.74, 6) is 1.55. The summed E-state index contributed by atoms with van der Waals surface area (Å²) < 4.78 is 5.69. The second kappa shape index (κ2) is 7.98. The Morgan fingerprint density at radius 3 is 2.73 bits per heavy atom. The van der Waals surface area contributed by atoms with Crippen LogP contribution in [0, 0.1) is 0 Å². The van der Waals surface area contributed by atoms with Crippen LogP contribution in [-0.4, -0.2) is 47.2 Å². The highest BCUT2D eigenvalue weighted by molar-refractivity contribution is 6.02. The zero-order valence-corrected chi connectivity index (χ0v) is 16.5. The summed E-state index contributed by atoms with van der Waals surface area (Å²) in [6.07, 6.45) is 7.36. The molecule has 1 aromatic carbocycles. The van der Waals surface area contributed by atoms with Crippen LogP contribution in [-0.2, 0) is 0 Å². The van der Waals surface area contributed by atoms with Gasteiger partial charge in [0.15, 0.2) is 17.4 Å². The van der Waals surface area contributed by atoms with Gasteiger partial charge in [-0.15, -0.1) is 0 Å². The Hall–Kier alpha value is -3.68. The lowest BCUT2D eigenvalue weighted by Crippen LogP contribution is -2.41. The van der Waals surface area contributed by atoms with Gasteiger partial charge in [0.25, 0.3) is 0 Å². The molecule has 1 saturated heterocycles. The monoisotopic (exact) mass is 402 g/mol. The molecule has 0 spiro atoms. The van der Waals surface area contributed by atoms with E-state index >= 15 is 0 Å². The molecule has 2 aromatic heterocycles. The van der Waals surface area contributed by atoms with Gasteiger partial charge in [-0.1, -0.05) is 12.1 Å². The third kappa shape index (κ3) is 3.63. The molecule has 8 nitrogen and oxygen atoms in total. The van der Waals surface area contributed by atoms with Crippen molar-refractivity contribution >= 4 is 23.2 Å². The maximum Gasteiger partial charge on any atom is 0.327 e. The predicted molar refractivity (Wildman–Crippen MR) is 115 cm³/mol. The number of carbonyl (C=O) groups excluding carboxylic acids is 1. The Bertz CT molecular complexity index is 1050. The Morgan fingerprint density at radius 2 is 1.90 bits per heavy atom. The van der Waals surface area contributed by atoms with E-state index in [1.165, 1.54) is 18.5 Å². The lowest BCUT2D eigenvalue weighted by molar-refractivity contribution is 0.249. The maximum atomic E-state index is 12.9. The van der Waals surface area contributed by atoms with E-state index < -0.39 is 0 Å². The molecule has 2 aliphatic rings. The average Bonchev–Trinajstić information content (AvgIpc) is 3.34. The smallest absolute Gasteiger partial charge is 0.327 e. The average molecular weight is 402 g/mol. The topological polar surface area (TPSA) is 83.5 Å². The van der Waals surface area contributed by atoms with E-state index in [1.807, 2.05) is 12.1 Å². The van der Waals surface area contributed by atoms with Gasteiger partial charge in [0.05, 0.1) is 12.7 Å². The fraction of sp³-hybridized carbons (Fsp3) is 0.273. The highest BCUT2D eigenvalue weighted by Crippen LogP contribution is 2.32. The molecule has 1 fully saturated rings. The fourth-order valence-electron chi connectivity index (χ4n) is 3.79. The van der Waals surface area contributed by atoms with Gasteiger partial charge in [-0.2, -0.15) is 0 Å². The van der Waals surface area contributed by atoms with Crippen molar-refractivity contribution in [1.82, 2.24) is 15.0 Å². The largest absolute Gasteiger partial charge is 0.486 e. The van der Waals surface area contributed by atoms with Crippen molar-refractivity contribution in [2.45, 2.75) is 12.8 Å². The number of benzene rings is 1. The Labute approximate surface area is 174 Å². The van der Waals surface area contributed by atoms with Crippen molar-refractivity contribution < 1.29 is 9.53 Å². The zero-order chi connectivity index (χ0) is 20.3. The van der Waals surface area contributed by atoms with Crippen LogP contribution >= 0.6 is 0 Å². The number of ether oxygens (including phenoxy) is 1. The number of hydrogen-bond acceptors (Lipinski definition) is 6. The molecule has 0 bridgehead atoms. The minimum atomic E-state index is -0.263. The van der Waals surface area contributed by atoms with Gasteiger partial charge in [-0.05, 0) is 37.1 Å². The molecule has 3 aromatic rings. The van der Waals surface area contributed by atoms with Crippen molar-refractivity contribution in [3.05, 3.63) is 55.0 Å². The molecule has 0 radical (unpaired) electrons. The second-order valence-electron chi connectivity index (χ2n) is 7.29. The first kappa shape index (κ1) is 18.4. The summed E-state index contributed by atoms with van der Waals surface area (Å²) in [5, 5.41) is 2.88. The first-order valence-electron chi connectivity index (χ1n) is 10.1. The van der Waals surface area contributed by atoms with Crippen molar-refractivity contribution in [3.63, 3.8) is 0 Å². The van der Waals surface area contributed by atoms with Gasteiger partial charge in [0, 0.05) is 42.4 Å². The number of aromatic nitrogens is 3. The number of fused-ring (bicyclic) bond motifs is 1. The number of rotatable bonds is 3. The fourth-order valence-corrected chi connectivity index (χ4v) is 3.79. The number of carbonyl (C=O) groups is 1. The van der Waals surface area contributed by atoms with E-state index in [0.29, 0.717) is 36.2 Å². The van der Waals surface area contributed by atoms with Crippen molar-refractivity contribution in [3.8, 4) is 17.1 Å². The summed E-state index contributed by atoms with van der Waals surface area (Å²) >= 11 is 0. The Balaban J connectivity index is 1.44. The third-order valence-electron chi connectivity index (χ3n) is 5.32. The molecule has 1 N–H and O–H groups in total. The minimum absolute atomic E-state index is 0.263. The molecule has 0 saturated carbocycles. The number of hydrogen-bond donors (Lipinski definition) is 1. The molecule has 0 aliphatic carbocycles. The molecular weight excluding hydrogens is 380 g/mol. The molecule has 2 aliphatic heterocycles. The number of amides is 2. The van der Waals surface area contributed by atoms with E-state index in [9.17, 15) is 4.79 Å². The number of nitrogens with one attached hydrogen (secondary N) is 1. The first-order chi connectivity index (χ1) is 14.8. The van der Waals surface area contributed by atoms with E-state index in [1.54, 1.807) is 35.6 Å². The molecule has 0 unspecified atom stereocenters. The maximum absolute atomic E-state index is 12.9. The summed E-state index contributed by atoms with van der Waals surface area (Å²) in [6, 6.07) is 11.5. The van der Waals surface area contributed by atoms with Crippen LogP contribution in [0.25, 0.3) is 11.4 Å². The quantitative estimate of drug-likeness (QED) is 0.721. The standard InChI is InChI=1S/C22H22N6O2/c29-22(25-17-6-8-23-9-7-17)28-12-13-30-19-15-24-20(26-21(19)28)16-4-3-5-18(14-16)27-10-1-2-11-27/h3-9,14-15H,1-2,10-13H2,(H,23,25,29). The molecule has 0 atom stereocenters. The number of urea groups is 1. The van der Waals surface area contributed by atoms with E-state index in [0.717, 1.165) is 18.7 Å². The predicted octanol–water partition coefficient (Wildman–Crippen LogP) is 3.57. The second-order valence-corrected chi connectivity index (χ2v) is 7.29. The molecule has 30 heavy (non-hydrogen) atoms. The molecule has 8 heteroatoms. The zero-order valence-electron chi connectivity index (χ0n) is 16.5. The van der Waals surface area contributed by atoms with Crippen LogP contribution in [0.5, 0.6) is 5.75 Å². The van der Waals surface area contributed by atoms with Crippen LogP contribution < -0.4 is 19.9 Å². The van der Waals surface area contributed by atoms with Crippen LogP contribution in [0.15, 0.2) is 55.0 Å². The summed E-state index contributed by atoms with van der Waals surface area (Å²) in [6.45, 7) is 2.95. The van der Waals surface area contributed by atoms with Gasteiger partial charge in [0.2, 0.25) is 0 Å². The molecule has 2 amide bonds. The van der Waals surface area contributed by atoms with Gasteiger partial charge in [-0.3, -0.25) is 9.88 Å². The third-order valence-corrected chi connectivity index (χ3v) is 5.32. The van der Waals surface area contributed by atoms with E-state index in [2.05, 4.69) is 32.3 Å². The molecule has 5 rings (SSSR count). The number of nitrogens with zero attached hydrogens (tertiary/aromatic N) is 5. The lowest BCUT2D eigenvalue weighted by Gasteiger charge is -2.28. The lowest BCUT2D eigenvalue weighted by atomic mass is 10.1. The Morgan fingerprint density at radius 1 is 1.07 bits per heavy atom. The van der Waals surface area contributed by atoms with Crippen molar-refractivity contribution in [2.75, 3.05) is 41.4 Å². The van der Waals surface area contributed by atoms with Crippen molar-refractivity contribution in [2.24, 2.45) is 0 Å². The van der Waals surface area contributed by atoms with Crippen LogP contribution in [0.1, 0.15) is 12.8 Å². The van der Waals surface area contributed by atoms with E-state index in [4.69, 9.17) is 9.72 Å². The molecular formula is C22H22N6O2. The van der Waals surface area contributed by atoms with Crippen molar-refractivity contribution in [1.29, 1.82) is 0 Å². The summed E-state index contributed by atoms with van der Waals surface area (Å²) in [4.78, 5) is 30.0. The minimum Gasteiger partial charge on any atom is -0.486 e. The van der Waals surface area contributed by atoms with E-state index in [-0.39, 0.29) is 6.03 Å². The van der Waals surface area contributed by atoms with Crippen LogP contribution in [0.3, 0.4) is 0 Å². The summed E-state index contributed by atoms with van der Waals surface area (Å²) in [7, 11) is 0. The van der Waals surface area contributed by atoms with Gasteiger partial charge in [0.1, 0.15) is 6.61 Å². The highest BCUT2D eigenvalue weighted by Gasteiger charge is 2.26. The molecule has 152 valence electrons. The van der Waals surface area contributed by atoms with Crippen LogP contribution in [0.4, 0.5) is 22.0 Å². The summed E-state index contributed by atoms with van der Waals surface area (Å²) in [5.41, 5.74) is 2.77. The van der Waals surface area contributed by atoms with Gasteiger partial charge >= 0.3 is 6.03 Å². The number of anilines is 3.